The molecule has 0 atom stereocenters. The molecular weight excluding hydrogens is 243 g/mol. The molecule has 1 aliphatic rings. The van der Waals surface area contributed by atoms with Crippen LogP contribution in [0, 0.1) is 11.2 Å². The molecule has 0 saturated carbocycles. The lowest BCUT2D eigenvalue weighted by Gasteiger charge is -2.43. The zero-order chi connectivity index (χ0) is 12.5. The van der Waals surface area contributed by atoms with Crippen molar-refractivity contribution in [3.63, 3.8) is 0 Å². The molecule has 94 valence electrons. The molecule has 0 unspecified atom stereocenters. The van der Waals surface area contributed by atoms with Crippen molar-refractivity contribution in [3.05, 3.63) is 29.0 Å². The zero-order valence-corrected chi connectivity index (χ0v) is 10.5. The van der Waals surface area contributed by atoms with Gasteiger partial charge in [-0.3, -0.25) is 0 Å². The Balaban J connectivity index is 2.13. The van der Waals surface area contributed by atoms with E-state index in [1.165, 1.54) is 6.07 Å². The standard InChI is InChI=1S/C12H16ClFN2O/c1-16(6-12(5-15)7-17-8-12)11-4-9(13)2-3-10(11)14/h2-4H,5-8,15H2,1H3. The Morgan fingerprint density at radius 2 is 2.24 bits per heavy atom. The Labute approximate surface area is 105 Å². The third kappa shape index (κ3) is 2.54. The van der Waals surface area contributed by atoms with Gasteiger partial charge < -0.3 is 15.4 Å². The number of nitrogens with zero attached hydrogens (tertiary/aromatic N) is 1. The monoisotopic (exact) mass is 258 g/mol. The summed E-state index contributed by atoms with van der Waals surface area (Å²) in [7, 11) is 1.84. The Morgan fingerprint density at radius 1 is 1.53 bits per heavy atom. The van der Waals surface area contributed by atoms with Crippen LogP contribution in [0.1, 0.15) is 0 Å². The first-order valence-electron chi connectivity index (χ1n) is 5.50. The summed E-state index contributed by atoms with van der Waals surface area (Å²) in [4.78, 5) is 1.84. The molecule has 2 rings (SSSR count). The summed E-state index contributed by atoms with van der Waals surface area (Å²) in [5.41, 5.74) is 6.18. The number of hydrogen-bond acceptors (Lipinski definition) is 3. The van der Waals surface area contributed by atoms with Gasteiger partial charge in [-0.2, -0.15) is 0 Å². The van der Waals surface area contributed by atoms with Gasteiger partial charge in [-0.1, -0.05) is 11.6 Å². The van der Waals surface area contributed by atoms with E-state index in [1.807, 2.05) is 11.9 Å². The van der Waals surface area contributed by atoms with E-state index in [-0.39, 0.29) is 11.2 Å². The molecule has 2 N–H and O–H groups in total. The van der Waals surface area contributed by atoms with Crippen LogP contribution in [0.15, 0.2) is 18.2 Å². The topological polar surface area (TPSA) is 38.5 Å². The summed E-state index contributed by atoms with van der Waals surface area (Å²) in [6.07, 6.45) is 0. The normalized spacial score (nSPS) is 17.6. The highest BCUT2D eigenvalue weighted by molar-refractivity contribution is 6.30. The van der Waals surface area contributed by atoms with Gasteiger partial charge in [0.1, 0.15) is 5.82 Å². The molecule has 1 aliphatic heterocycles. The smallest absolute Gasteiger partial charge is 0.146 e. The molecule has 0 radical (unpaired) electrons. The van der Waals surface area contributed by atoms with E-state index in [1.54, 1.807) is 12.1 Å². The highest BCUT2D eigenvalue weighted by Crippen LogP contribution is 2.30. The summed E-state index contributed by atoms with van der Waals surface area (Å²) in [5.74, 6) is -0.274. The lowest BCUT2D eigenvalue weighted by Crippen LogP contribution is -2.54. The molecule has 0 amide bonds. The average molecular weight is 259 g/mol. The Morgan fingerprint density at radius 3 is 2.76 bits per heavy atom. The first-order chi connectivity index (χ1) is 8.06. The summed E-state index contributed by atoms with van der Waals surface area (Å²) in [6.45, 7) is 2.48. The maximum atomic E-state index is 13.7. The van der Waals surface area contributed by atoms with Gasteiger partial charge in [0.05, 0.1) is 18.9 Å². The third-order valence-corrected chi connectivity index (χ3v) is 3.38. The number of hydrogen-bond donors (Lipinski definition) is 1. The molecule has 0 aliphatic carbocycles. The summed E-state index contributed by atoms with van der Waals surface area (Å²) >= 11 is 5.87. The van der Waals surface area contributed by atoms with Gasteiger partial charge in [0.15, 0.2) is 0 Å². The van der Waals surface area contributed by atoms with Crippen molar-refractivity contribution in [2.24, 2.45) is 11.1 Å². The number of halogens is 2. The van der Waals surface area contributed by atoms with Gasteiger partial charge in [0, 0.05) is 30.6 Å². The van der Waals surface area contributed by atoms with E-state index in [4.69, 9.17) is 22.1 Å². The van der Waals surface area contributed by atoms with E-state index in [9.17, 15) is 4.39 Å². The van der Waals surface area contributed by atoms with Crippen LogP contribution in [-0.4, -0.2) is 33.4 Å². The van der Waals surface area contributed by atoms with Crippen molar-refractivity contribution < 1.29 is 9.13 Å². The van der Waals surface area contributed by atoms with Gasteiger partial charge >= 0.3 is 0 Å². The fourth-order valence-corrected chi connectivity index (χ4v) is 2.20. The van der Waals surface area contributed by atoms with Crippen molar-refractivity contribution in [2.75, 3.05) is 38.3 Å². The predicted molar refractivity (Wildman–Crippen MR) is 67.0 cm³/mol. The molecule has 1 aromatic carbocycles. The fraction of sp³-hybridized carbons (Fsp3) is 0.500. The highest BCUT2D eigenvalue weighted by atomic mass is 35.5. The molecule has 1 aromatic rings. The van der Waals surface area contributed by atoms with Gasteiger partial charge in [-0.05, 0) is 18.2 Å². The maximum Gasteiger partial charge on any atom is 0.146 e. The number of benzene rings is 1. The van der Waals surface area contributed by atoms with Crippen molar-refractivity contribution in [3.8, 4) is 0 Å². The highest BCUT2D eigenvalue weighted by Gasteiger charge is 2.38. The Hall–Kier alpha value is -0.840. The first kappa shape index (κ1) is 12.6. The van der Waals surface area contributed by atoms with E-state index in [0.717, 1.165) is 0 Å². The Kier molecular flexibility index (Phi) is 3.56. The fourth-order valence-electron chi connectivity index (χ4n) is 2.03. The van der Waals surface area contributed by atoms with Crippen LogP contribution in [0.25, 0.3) is 0 Å². The molecule has 1 fully saturated rings. The van der Waals surface area contributed by atoms with Crippen molar-refractivity contribution in [2.45, 2.75) is 0 Å². The second-order valence-corrected chi connectivity index (χ2v) is 5.09. The molecular formula is C12H16ClFN2O. The minimum absolute atomic E-state index is 0.0521. The van der Waals surface area contributed by atoms with E-state index in [2.05, 4.69) is 0 Å². The van der Waals surface area contributed by atoms with Crippen molar-refractivity contribution in [1.82, 2.24) is 0 Å². The molecule has 1 saturated heterocycles. The molecule has 0 aromatic heterocycles. The number of nitrogens with two attached hydrogens (primary N) is 1. The van der Waals surface area contributed by atoms with Crippen LogP contribution in [-0.2, 0) is 4.74 Å². The zero-order valence-electron chi connectivity index (χ0n) is 9.75. The van der Waals surface area contributed by atoms with Gasteiger partial charge in [-0.25, -0.2) is 4.39 Å². The van der Waals surface area contributed by atoms with Crippen LogP contribution in [0.5, 0.6) is 0 Å². The summed E-state index contributed by atoms with van der Waals surface area (Å²) in [5, 5.41) is 0.528. The first-order valence-corrected chi connectivity index (χ1v) is 5.88. The quantitative estimate of drug-likeness (QED) is 0.896. The van der Waals surface area contributed by atoms with Crippen LogP contribution in [0.2, 0.25) is 5.02 Å². The lowest BCUT2D eigenvalue weighted by molar-refractivity contribution is -0.101. The second-order valence-electron chi connectivity index (χ2n) is 4.65. The van der Waals surface area contributed by atoms with Crippen LogP contribution >= 0.6 is 11.6 Å². The largest absolute Gasteiger partial charge is 0.380 e. The summed E-state index contributed by atoms with van der Waals surface area (Å²) < 4.78 is 18.9. The number of rotatable bonds is 4. The van der Waals surface area contributed by atoms with Gasteiger partial charge in [-0.15, -0.1) is 0 Å². The SMILES string of the molecule is CN(CC1(CN)COC1)c1cc(Cl)ccc1F. The number of anilines is 1. The van der Waals surface area contributed by atoms with Crippen molar-refractivity contribution >= 4 is 17.3 Å². The lowest BCUT2D eigenvalue weighted by atomic mass is 9.85. The molecule has 17 heavy (non-hydrogen) atoms. The maximum absolute atomic E-state index is 13.7. The molecule has 0 spiro atoms. The third-order valence-electron chi connectivity index (χ3n) is 3.14. The second kappa shape index (κ2) is 4.80. The molecule has 0 bridgehead atoms. The molecule has 1 heterocycles. The van der Waals surface area contributed by atoms with Crippen LogP contribution in [0.4, 0.5) is 10.1 Å². The van der Waals surface area contributed by atoms with Crippen molar-refractivity contribution in [1.29, 1.82) is 0 Å². The minimum Gasteiger partial charge on any atom is -0.380 e. The van der Waals surface area contributed by atoms with E-state index in [0.29, 0.717) is 37.0 Å². The minimum atomic E-state index is -0.274. The van der Waals surface area contributed by atoms with E-state index >= 15 is 0 Å². The average Bonchev–Trinajstić information content (AvgIpc) is 2.26. The Bertz CT molecular complexity index is 404. The van der Waals surface area contributed by atoms with E-state index < -0.39 is 0 Å². The summed E-state index contributed by atoms with van der Waals surface area (Å²) in [6, 6.07) is 4.54. The predicted octanol–water partition coefficient (Wildman–Crippen LogP) is 1.89. The molecule has 5 heteroatoms. The number of ether oxygens (including phenoxy) is 1. The van der Waals surface area contributed by atoms with Crippen LogP contribution in [0.3, 0.4) is 0 Å². The molecule has 3 nitrogen and oxygen atoms in total. The van der Waals surface area contributed by atoms with Gasteiger partial charge in [0.2, 0.25) is 0 Å². The van der Waals surface area contributed by atoms with Crippen LogP contribution < -0.4 is 10.6 Å². The van der Waals surface area contributed by atoms with Gasteiger partial charge in [0.25, 0.3) is 0 Å².